The van der Waals surface area contributed by atoms with E-state index >= 15 is 0 Å². The summed E-state index contributed by atoms with van der Waals surface area (Å²) in [4.78, 5) is 17.2. The van der Waals surface area contributed by atoms with E-state index in [-0.39, 0.29) is 12.0 Å². The van der Waals surface area contributed by atoms with E-state index in [1.165, 1.54) is 0 Å². The van der Waals surface area contributed by atoms with Gasteiger partial charge in [-0.15, -0.1) is 0 Å². The van der Waals surface area contributed by atoms with E-state index in [0.717, 1.165) is 5.69 Å². The summed E-state index contributed by atoms with van der Waals surface area (Å²) in [5.74, 6) is 0.0361. The smallest absolute Gasteiger partial charge is 0.228 e. The molecule has 1 saturated heterocycles. The van der Waals surface area contributed by atoms with Crippen molar-refractivity contribution >= 4 is 5.91 Å². The maximum absolute atomic E-state index is 11.5. The van der Waals surface area contributed by atoms with E-state index in [1.54, 1.807) is 11.1 Å². The van der Waals surface area contributed by atoms with Crippen molar-refractivity contribution in [3.05, 3.63) is 30.1 Å². The summed E-state index contributed by atoms with van der Waals surface area (Å²) in [6, 6.07) is 5.51. The first-order valence-corrected chi connectivity index (χ1v) is 4.61. The number of nitrogens with zero attached hydrogens (tertiary/aromatic N) is 2. The van der Waals surface area contributed by atoms with E-state index in [2.05, 4.69) is 4.98 Å². The van der Waals surface area contributed by atoms with Crippen LogP contribution in [0.1, 0.15) is 5.69 Å². The van der Waals surface area contributed by atoms with Gasteiger partial charge in [0, 0.05) is 25.0 Å². The number of pyridine rings is 1. The largest absolute Gasteiger partial charge is 0.389 e. The fourth-order valence-corrected chi connectivity index (χ4v) is 1.43. The lowest BCUT2D eigenvalue weighted by molar-refractivity contribution is -0.140. The van der Waals surface area contributed by atoms with Crippen molar-refractivity contribution in [2.75, 3.05) is 13.1 Å². The van der Waals surface area contributed by atoms with Crippen LogP contribution < -0.4 is 0 Å². The minimum Gasteiger partial charge on any atom is -0.389 e. The van der Waals surface area contributed by atoms with Crippen molar-refractivity contribution < 1.29 is 9.90 Å². The van der Waals surface area contributed by atoms with Gasteiger partial charge < -0.3 is 10.0 Å². The summed E-state index contributed by atoms with van der Waals surface area (Å²) in [6.07, 6.45) is 1.67. The fourth-order valence-electron chi connectivity index (χ4n) is 1.43. The zero-order chi connectivity index (χ0) is 9.97. The van der Waals surface area contributed by atoms with E-state index in [4.69, 9.17) is 5.11 Å². The number of hydrogen-bond acceptors (Lipinski definition) is 3. The number of aromatic nitrogens is 1. The lowest BCUT2D eigenvalue weighted by Gasteiger charge is -2.35. The highest BCUT2D eigenvalue weighted by atomic mass is 16.3. The van der Waals surface area contributed by atoms with Crippen molar-refractivity contribution in [1.29, 1.82) is 0 Å². The van der Waals surface area contributed by atoms with Crippen LogP contribution in [0, 0.1) is 0 Å². The summed E-state index contributed by atoms with van der Waals surface area (Å²) < 4.78 is 0. The molecule has 0 spiro atoms. The van der Waals surface area contributed by atoms with Crippen LogP contribution in [0.4, 0.5) is 0 Å². The van der Waals surface area contributed by atoms with Crippen LogP contribution in [-0.4, -0.2) is 40.1 Å². The Balaban J connectivity index is 1.89. The number of β-amino-alcohol motifs (C(OH)–C–C–N with tert-alkyl or cyclic N) is 1. The van der Waals surface area contributed by atoms with Crippen LogP contribution in [0.2, 0.25) is 0 Å². The Kier molecular flexibility index (Phi) is 2.45. The van der Waals surface area contributed by atoms with Crippen LogP contribution in [-0.2, 0) is 11.2 Å². The molecular formula is C10H12N2O2. The molecule has 0 aliphatic carbocycles. The van der Waals surface area contributed by atoms with Gasteiger partial charge in [0.2, 0.25) is 5.91 Å². The average molecular weight is 192 g/mol. The Hall–Kier alpha value is -1.42. The molecule has 0 atom stereocenters. The normalized spacial score (nSPS) is 16.5. The molecule has 4 heteroatoms. The number of likely N-dealkylation sites (tertiary alicyclic amines) is 1. The van der Waals surface area contributed by atoms with Crippen LogP contribution in [0.25, 0.3) is 0 Å². The number of aliphatic hydroxyl groups excluding tert-OH is 1. The average Bonchev–Trinajstić information content (AvgIpc) is 2.14. The second-order valence-electron chi connectivity index (χ2n) is 3.45. The van der Waals surface area contributed by atoms with E-state index in [1.807, 2.05) is 18.2 Å². The van der Waals surface area contributed by atoms with E-state index < -0.39 is 0 Å². The first-order valence-electron chi connectivity index (χ1n) is 4.61. The molecule has 1 aromatic rings. The molecule has 14 heavy (non-hydrogen) atoms. The quantitative estimate of drug-likeness (QED) is 0.707. The van der Waals surface area contributed by atoms with E-state index in [9.17, 15) is 4.79 Å². The lowest BCUT2D eigenvalue weighted by atomic mass is 10.1. The number of aliphatic hydroxyl groups is 1. The molecule has 1 N–H and O–H groups in total. The first kappa shape index (κ1) is 9.15. The van der Waals surface area contributed by atoms with Gasteiger partial charge in [-0.2, -0.15) is 0 Å². The molecule has 0 bridgehead atoms. The first-order chi connectivity index (χ1) is 6.75. The summed E-state index contributed by atoms with van der Waals surface area (Å²) >= 11 is 0. The van der Waals surface area contributed by atoms with Gasteiger partial charge in [0.05, 0.1) is 12.5 Å². The number of rotatable bonds is 2. The van der Waals surface area contributed by atoms with Crippen LogP contribution in [0.3, 0.4) is 0 Å². The van der Waals surface area contributed by atoms with Crippen molar-refractivity contribution in [1.82, 2.24) is 9.88 Å². The molecule has 2 heterocycles. The molecule has 1 fully saturated rings. The highest BCUT2D eigenvalue weighted by Gasteiger charge is 2.28. The molecule has 74 valence electrons. The number of carbonyl (C=O) groups excluding carboxylic acids is 1. The van der Waals surface area contributed by atoms with Crippen LogP contribution >= 0.6 is 0 Å². The van der Waals surface area contributed by atoms with Crippen molar-refractivity contribution in [3.8, 4) is 0 Å². The highest BCUT2D eigenvalue weighted by molar-refractivity contribution is 5.79. The van der Waals surface area contributed by atoms with Gasteiger partial charge in [-0.25, -0.2) is 0 Å². The molecule has 4 nitrogen and oxygen atoms in total. The molecule has 0 aromatic carbocycles. The van der Waals surface area contributed by atoms with Gasteiger partial charge in [0.15, 0.2) is 0 Å². The zero-order valence-corrected chi connectivity index (χ0v) is 7.76. The van der Waals surface area contributed by atoms with Crippen molar-refractivity contribution in [3.63, 3.8) is 0 Å². The van der Waals surface area contributed by atoms with Gasteiger partial charge in [0.25, 0.3) is 0 Å². The summed E-state index contributed by atoms with van der Waals surface area (Å²) in [7, 11) is 0. The molecule has 0 saturated carbocycles. The third kappa shape index (κ3) is 1.90. The summed E-state index contributed by atoms with van der Waals surface area (Å²) in [5.41, 5.74) is 0.777. The third-order valence-corrected chi connectivity index (χ3v) is 2.27. The van der Waals surface area contributed by atoms with Gasteiger partial charge >= 0.3 is 0 Å². The maximum Gasteiger partial charge on any atom is 0.228 e. The minimum absolute atomic E-state index is 0.0361. The number of hydrogen-bond donors (Lipinski definition) is 1. The SMILES string of the molecule is O=C(Cc1ccccn1)N1CC(O)C1. The Morgan fingerprint density at radius 1 is 1.57 bits per heavy atom. The third-order valence-electron chi connectivity index (χ3n) is 2.27. The number of amides is 1. The van der Waals surface area contributed by atoms with Gasteiger partial charge in [-0.05, 0) is 12.1 Å². The standard InChI is InChI=1S/C10H12N2O2/c13-9-6-12(7-9)10(14)5-8-3-1-2-4-11-8/h1-4,9,13H,5-7H2. The lowest BCUT2D eigenvalue weighted by Crippen LogP contribution is -2.54. The van der Waals surface area contributed by atoms with Crippen molar-refractivity contribution in [2.45, 2.75) is 12.5 Å². The van der Waals surface area contributed by atoms with Gasteiger partial charge in [0.1, 0.15) is 0 Å². The molecule has 2 rings (SSSR count). The molecular weight excluding hydrogens is 180 g/mol. The Morgan fingerprint density at radius 3 is 2.93 bits per heavy atom. The predicted octanol–water partition coefficient (Wildman–Crippen LogP) is -0.173. The zero-order valence-electron chi connectivity index (χ0n) is 7.76. The second kappa shape index (κ2) is 3.75. The van der Waals surface area contributed by atoms with Gasteiger partial charge in [-0.3, -0.25) is 9.78 Å². The number of carbonyl (C=O) groups is 1. The summed E-state index contributed by atoms with van der Waals surface area (Å²) in [6.45, 7) is 0.928. The van der Waals surface area contributed by atoms with Gasteiger partial charge in [-0.1, -0.05) is 6.07 Å². The Labute approximate surface area is 82.2 Å². The highest BCUT2D eigenvalue weighted by Crippen LogP contribution is 2.09. The molecule has 1 aliphatic heterocycles. The van der Waals surface area contributed by atoms with Crippen LogP contribution in [0.15, 0.2) is 24.4 Å². The second-order valence-corrected chi connectivity index (χ2v) is 3.45. The fraction of sp³-hybridized carbons (Fsp3) is 0.400. The minimum atomic E-state index is -0.331. The molecule has 0 unspecified atom stereocenters. The molecule has 0 radical (unpaired) electrons. The molecule has 1 aliphatic rings. The van der Waals surface area contributed by atoms with E-state index in [0.29, 0.717) is 19.5 Å². The predicted molar refractivity (Wildman–Crippen MR) is 50.5 cm³/mol. The summed E-state index contributed by atoms with van der Waals surface area (Å²) in [5, 5.41) is 9.02. The monoisotopic (exact) mass is 192 g/mol. The maximum atomic E-state index is 11.5. The Bertz CT molecular complexity index is 320. The topological polar surface area (TPSA) is 53.4 Å². The van der Waals surface area contributed by atoms with Crippen LogP contribution in [0.5, 0.6) is 0 Å². The Morgan fingerprint density at radius 2 is 2.36 bits per heavy atom. The van der Waals surface area contributed by atoms with Crippen molar-refractivity contribution in [2.24, 2.45) is 0 Å². The molecule has 1 amide bonds. The molecule has 1 aromatic heterocycles.